The van der Waals surface area contributed by atoms with Crippen LogP contribution in [0.5, 0.6) is 5.75 Å². The van der Waals surface area contributed by atoms with E-state index in [9.17, 15) is 19.6 Å². The predicted molar refractivity (Wildman–Crippen MR) is 71.8 cm³/mol. The van der Waals surface area contributed by atoms with Crippen molar-refractivity contribution in [2.24, 2.45) is 0 Å². The van der Waals surface area contributed by atoms with E-state index in [0.717, 1.165) is 20.5 Å². The minimum absolute atomic E-state index is 0.0415. The first kappa shape index (κ1) is 15.7. The zero-order valence-corrected chi connectivity index (χ0v) is 12.1. The molecule has 0 aliphatic carbocycles. The van der Waals surface area contributed by atoms with Gasteiger partial charge < -0.3 is 14.6 Å². The van der Waals surface area contributed by atoms with Crippen LogP contribution in [0.4, 0.5) is 0 Å². The second-order valence-corrected chi connectivity index (χ2v) is 5.81. The van der Waals surface area contributed by atoms with Crippen LogP contribution in [0.3, 0.4) is 0 Å². The molecule has 2 N–H and O–H groups in total. The third kappa shape index (κ3) is 3.15. The Hall–Kier alpha value is -1.70. The van der Waals surface area contributed by atoms with E-state index < -0.39 is 19.5 Å². The summed E-state index contributed by atoms with van der Waals surface area (Å²) in [6.07, 6.45) is -0.902. The van der Waals surface area contributed by atoms with Crippen molar-refractivity contribution in [1.29, 1.82) is 0 Å². The number of hydrogen-bond donors (Lipinski definition) is 2. The van der Waals surface area contributed by atoms with E-state index >= 15 is 0 Å². The highest BCUT2D eigenvalue weighted by atomic mass is 31.2. The first-order chi connectivity index (χ1) is 9.90. The van der Waals surface area contributed by atoms with Gasteiger partial charge in [0.05, 0.1) is 10.9 Å². The van der Waals surface area contributed by atoms with Crippen LogP contribution in [0.1, 0.15) is 11.9 Å². The van der Waals surface area contributed by atoms with Crippen LogP contribution in [0.2, 0.25) is 0 Å². The summed E-state index contributed by atoms with van der Waals surface area (Å²) >= 11 is 0. The number of phosphoric ester groups is 1. The normalized spacial score (nSPS) is 13.5. The minimum Gasteiger partial charge on any atom is -0.508 e. The lowest BCUT2D eigenvalue weighted by Crippen LogP contribution is -2.15. The molecule has 9 heteroatoms. The lowest BCUT2D eigenvalue weighted by Gasteiger charge is -2.17. The number of fused-ring (bicyclic) bond motifs is 1. The van der Waals surface area contributed by atoms with Gasteiger partial charge in [0.25, 0.3) is 0 Å². The maximum absolute atomic E-state index is 12.2. The average Bonchev–Trinajstić information content (AvgIpc) is 2.48. The highest BCUT2D eigenvalue weighted by Crippen LogP contribution is 2.50. The number of aliphatic hydroxyl groups is 1. The van der Waals surface area contributed by atoms with Crippen molar-refractivity contribution >= 4 is 18.8 Å². The molecule has 0 saturated heterocycles. The summed E-state index contributed by atoms with van der Waals surface area (Å²) < 4.78 is 30.7. The SMILES string of the molecule is COP(=O)(OC)OC(O)c1coc2ccc(O)cc2c1=O. The van der Waals surface area contributed by atoms with Crippen molar-refractivity contribution in [2.45, 2.75) is 6.29 Å². The molecule has 1 aromatic carbocycles. The quantitative estimate of drug-likeness (QED) is 0.635. The number of hydrogen-bond acceptors (Lipinski definition) is 8. The Bertz CT molecular complexity index is 744. The Balaban J connectivity index is 2.45. The minimum atomic E-state index is -3.97. The van der Waals surface area contributed by atoms with E-state index in [4.69, 9.17) is 8.94 Å². The van der Waals surface area contributed by atoms with Crippen LogP contribution in [0.15, 0.2) is 33.7 Å². The van der Waals surface area contributed by atoms with Gasteiger partial charge in [-0.3, -0.25) is 18.4 Å². The third-order valence-electron chi connectivity index (χ3n) is 2.73. The summed E-state index contributed by atoms with van der Waals surface area (Å²) in [5.41, 5.74) is -0.726. The highest BCUT2D eigenvalue weighted by molar-refractivity contribution is 7.48. The van der Waals surface area contributed by atoms with Crippen LogP contribution in [0, 0.1) is 0 Å². The number of phosphoric acid groups is 1. The number of aromatic hydroxyl groups is 1. The van der Waals surface area contributed by atoms with Crippen LogP contribution in [-0.4, -0.2) is 24.4 Å². The molecule has 21 heavy (non-hydrogen) atoms. The van der Waals surface area contributed by atoms with Gasteiger partial charge in [0.2, 0.25) is 5.43 Å². The molecule has 1 unspecified atom stereocenters. The third-order valence-corrected chi connectivity index (χ3v) is 4.08. The molecule has 0 saturated carbocycles. The van der Waals surface area contributed by atoms with Gasteiger partial charge >= 0.3 is 7.82 Å². The van der Waals surface area contributed by atoms with Crippen molar-refractivity contribution in [3.63, 3.8) is 0 Å². The van der Waals surface area contributed by atoms with Crippen LogP contribution >= 0.6 is 7.82 Å². The van der Waals surface area contributed by atoms with Gasteiger partial charge in [-0.25, -0.2) is 4.57 Å². The van der Waals surface area contributed by atoms with Gasteiger partial charge in [-0.05, 0) is 18.2 Å². The van der Waals surface area contributed by atoms with Crippen LogP contribution < -0.4 is 5.43 Å². The molecule has 1 atom stereocenters. The zero-order valence-electron chi connectivity index (χ0n) is 11.2. The molecule has 114 valence electrons. The Morgan fingerprint density at radius 1 is 1.29 bits per heavy atom. The topological polar surface area (TPSA) is 115 Å². The number of phenols is 1. The molecule has 0 aliphatic heterocycles. The van der Waals surface area contributed by atoms with E-state index in [1.54, 1.807) is 0 Å². The lowest BCUT2D eigenvalue weighted by atomic mass is 10.1. The maximum atomic E-state index is 12.2. The smallest absolute Gasteiger partial charge is 0.476 e. The molecule has 0 amide bonds. The lowest BCUT2D eigenvalue weighted by molar-refractivity contribution is -0.0466. The van der Waals surface area contributed by atoms with E-state index in [0.29, 0.717) is 0 Å². The van der Waals surface area contributed by atoms with Crippen molar-refractivity contribution < 1.29 is 32.8 Å². The molecule has 0 radical (unpaired) electrons. The average molecular weight is 316 g/mol. The van der Waals surface area contributed by atoms with Crippen LogP contribution in [-0.2, 0) is 18.1 Å². The summed E-state index contributed by atoms with van der Waals surface area (Å²) in [6, 6.07) is 3.93. The van der Waals surface area contributed by atoms with Gasteiger partial charge in [0.1, 0.15) is 17.6 Å². The summed E-state index contributed by atoms with van der Waals surface area (Å²) in [7, 11) is -1.84. The molecule has 2 aromatic rings. The molecule has 1 aromatic heterocycles. The number of phenolic OH excluding ortho intramolecular Hbond substituents is 1. The molecule has 0 spiro atoms. The molecule has 0 aliphatic rings. The predicted octanol–water partition coefficient (Wildman–Crippen LogP) is 1.91. The van der Waals surface area contributed by atoms with Crippen molar-refractivity contribution in [1.82, 2.24) is 0 Å². The Morgan fingerprint density at radius 2 is 1.95 bits per heavy atom. The summed E-state index contributed by atoms with van der Waals surface area (Å²) in [4.78, 5) is 12.2. The molecular formula is C12H13O8P. The molecule has 8 nitrogen and oxygen atoms in total. The first-order valence-electron chi connectivity index (χ1n) is 5.72. The van der Waals surface area contributed by atoms with Gasteiger partial charge in [-0.1, -0.05) is 0 Å². The summed E-state index contributed by atoms with van der Waals surface area (Å²) in [5.74, 6) is -0.137. The summed E-state index contributed by atoms with van der Waals surface area (Å²) in [6.45, 7) is 0. The Kier molecular flexibility index (Phi) is 4.46. The molecule has 0 fully saturated rings. The van der Waals surface area contributed by atoms with Crippen molar-refractivity contribution in [3.8, 4) is 5.75 Å². The highest BCUT2D eigenvalue weighted by Gasteiger charge is 2.29. The standard InChI is InChI=1S/C12H13O8P/c1-17-21(16,18-2)20-12(15)9-6-19-10-4-3-7(13)5-8(10)11(9)14/h3-6,12-13,15H,1-2H3. The fraction of sp³-hybridized carbons (Fsp3) is 0.250. The zero-order chi connectivity index (χ0) is 15.6. The fourth-order valence-corrected chi connectivity index (χ4v) is 2.32. The number of rotatable bonds is 5. The van der Waals surface area contributed by atoms with Crippen molar-refractivity contribution in [3.05, 3.63) is 40.2 Å². The first-order valence-corrected chi connectivity index (χ1v) is 7.18. The molecular weight excluding hydrogens is 303 g/mol. The van der Waals surface area contributed by atoms with E-state index in [1.807, 2.05) is 0 Å². The van der Waals surface area contributed by atoms with E-state index in [1.165, 1.54) is 18.2 Å². The van der Waals surface area contributed by atoms with Gasteiger partial charge in [-0.2, -0.15) is 0 Å². The van der Waals surface area contributed by atoms with E-state index in [-0.39, 0.29) is 22.3 Å². The Labute approximate surface area is 119 Å². The number of aliphatic hydroxyl groups excluding tert-OH is 1. The number of benzene rings is 1. The molecule has 2 rings (SSSR count). The van der Waals surface area contributed by atoms with Gasteiger partial charge in [0, 0.05) is 14.2 Å². The van der Waals surface area contributed by atoms with Crippen LogP contribution in [0.25, 0.3) is 11.0 Å². The van der Waals surface area contributed by atoms with E-state index in [2.05, 4.69) is 9.05 Å². The molecule has 1 heterocycles. The van der Waals surface area contributed by atoms with Crippen molar-refractivity contribution in [2.75, 3.05) is 14.2 Å². The maximum Gasteiger partial charge on any atom is 0.476 e. The van der Waals surface area contributed by atoms with Gasteiger partial charge in [-0.15, -0.1) is 0 Å². The fourth-order valence-electron chi connectivity index (χ4n) is 1.64. The monoisotopic (exact) mass is 316 g/mol. The largest absolute Gasteiger partial charge is 0.508 e. The Morgan fingerprint density at radius 3 is 2.57 bits per heavy atom. The summed E-state index contributed by atoms with van der Waals surface area (Å²) in [5, 5.41) is 19.3. The van der Waals surface area contributed by atoms with Gasteiger partial charge in [0.15, 0.2) is 6.29 Å². The second kappa shape index (κ2) is 5.97. The second-order valence-electron chi connectivity index (χ2n) is 3.97. The molecule has 0 bridgehead atoms.